The maximum atomic E-state index is 14.3. The highest BCUT2D eigenvalue weighted by Crippen LogP contribution is 2.28. The molecule has 5 nitrogen and oxygen atoms in total. The lowest BCUT2D eigenvalue weighted by Crippen LogP contribution is -2.27. The normalized spacial score (nSPS) is 14.9. The van der Waals surface area contributed by atoms with Crippen LogP contribution in [-0.4, -0.2) is 26.5 Å². The van der Waals surface area contributed by atoms with E-state index in [1.807, 2.05) is 30.3 Å². The minimum absolute atomic E-state index is 0.320. The predicted molar refractivity (Wildman–Crippen MR) is 111 cm³/mol. The summed E-state index contributed by atoms with van der Waals surface area (Å²) in [5.74, 6) is 1.17. The first-order chi connectivity index (χ1) is 13.6. The van der Waals surface area contributed by atoms with Crippen LogP contribution in [0.5, 0.6) is 0 Å². The number of rotatable bonds is 6. The fourth-order valence-electron chi connectivity index (χ4n) is 3.01. The highest BCUT2D eigenvalue weighted by molar-refractivity contribution is 7.84. The van der Waals surface area contributed by atoms with E-state index in [0.717, 1.165) is 23.4 Å². The van der Waals surface area contributed by atoms with Crippen LogP contribution in [-0.2, 0) is 10.8 Å². The first-order valence-electron chi connectivity index (χ1n) is 9.19. The van der Waals surface area contributed by atoms with Gasteiger partial charge < -0.3 is 10.6 Å². The van der Waals surface area contributed by atoms with Crippen LogP contribution >= 0.6 is 0 Å². The molecule has 0 saturated heterocycles. The summed E-state index contributed by atoms with van der Waals surface area (Å²) in [6, 6.07) is 16.0. The van der Waals surface area contributed by atoms with Gasteiger partial charge in [0.25, 0.3) is 0 Å². The lowest BCUT2D eigenvalue weighted by molar-refractivity contribution is 0.444. The third-order valence-corrected chi connectivity index (χ3v) is 5.65. The van der Waals surface area contributed by atoms with Crippen LogP contribution in [0, 0.1) is 5.82 Å². The molecule has 1 aliphatic carbocycles. The molecule has 3 aromatic rings. The van der Waals surface area contributed by atoms with Gasteiger partial charge in [-0.2, -0.15) is 0 Å². The lowest BCUT2D eigenvalue weighted by atomic mass is 9.93. The van der Waals surface area contributed by atoms with E-state index in [0.29, 0.717) is 29.1 Å². The molecule has 0 amide bonds. The van der Waals surface area contributed by atoms with Gasteiger partial charge in [-0.3, -0.25) is 4.21 Å². The smallest absolute Gasteiger partial charge is 0.166 e. The van der Waals surface area contributed by atoms with Crippen molar-refractivity contribution in [2.45, 2.75) is 30.2 Å². The van der Waals surface area contributed by atoms with Crippen LogP contribution in [0.3, 0.4) is 0 Å². The molecular formula is C21H21FN4OS. The number of hydrogen-bond donors (Lipinski definition) is 2. The summed E-state index contributed by atoms with van der Waals surface area (Å²) in [6.07, 6.45) is 5.05. The van der Waals surface area contributed by atoms with Crippen LogP contribution in [0.15, 0.2) is 59.5 Å². The van der Waals surface area contributed by atoms with Crippen LogP contribution in [0.25, 0.3) is 11.4 Å². The second kappa shape index (κ2) is 8.06. The van der Waals surface area contributed by atoms with Crippen molar-refractivity contribution >= 4 is 28.1 Å². The van der Waals surface area contributed by atoms with Crippen molar-refractivity contribution in [2.24, 2.45) is 0 Å². The van der Waals surface area contributed by atoms with Crippen LogP contribution in [0.4, 0.5) is 21.7 Å². The number of nitrogens with one attached hydrogen (secondary N) is 2. The molecule has 1 fully saturated rings. The van der Waals surface area contributed by atoms with E-state index in [1.54, 1.807) is 24.5 Å². The van der Waals surface area contributed by atoms with Crippen LogP contribution in [0.2, 0.25) is 0 Å². The number of hydrogen-bond acceptors (Lipinski definition) is 5. The van der Waals surface area contributed by atoms with Crippen molar-refractivity contribution in [3.63, 3.8) is 0 Å². The molecule has 4 rings (SSSR count). The minimum atomic E-state index is -1.07. The molecule has 1 atom stereocenters. The van der Waals surface area contributed by atoms with Gasteiger partial charge in [-0.15, -0.1) is 0 Å². The molecule has 144 valence electrons. The third kappa shape index (κ3) is 4.20. The summed E-state index contributed by atoms with van der Waals surface area (Å²) in [5, 5.41) is 6.63. The monoisotopic (exact) mass is 396 g/mol. The average Bonchev–Trinajstić information content (AvgIpc) is 2.65. The number of benzene rings is 2. The molecule has 1 aliphatic rings. The summed E-state index contributed by atoms with van der Waals surface area (Å²) in [6.45, 7) is 0. The first-order valence-corrected chi connectivity index (χ1v) is 10.8. The van der Waals surface area contributed by atoms with E-state index in [-0.39, 0.29) is 5.82 Å². The van der Waals surface area contributed by atoms with Gasteiger partial charge in [-0.25, -0.2) is 14.4 Å². The van der Waals surface area contributed by atoms with Gasteiger partial charge in [0.1, 0.15) is 17.5 Å². The Bertz CT molecular complexity index is 1020. The Labute approximate surface area is 165 Å². The van der Waals surface area contributed by atoms with E-state index in [4.69, 9.17) is 0 Å². The number of anilines is 3. The number of halogens is 1. The van der Waals surface area contributed by atoms with Crippen molar-refractivity contribution in [3.05, 3.63) is 60.4 Å². The molecule has 1 heterocycles. The van der Waals surface area contributed by atoms with Crippen molar-refractivity contribution < 1.29 is 8.60 Å². The highest BCUT2D eigenvalue weighted by Gasteiger charge is 2.19. The van der Waals surface area contributed by atoms with Crippen molar-refractivity contribution in [3.8, 4) is 11.4 Å². The van der Waals surface area contributed by atoms with Gasteiger partial charge in [0, 0.05) is 39.7 Å². The highest BCUT2D eigenvalue weighted by atomic mass is 32.2. The SMILES string of the molecule is CS(=O)c1cccc(Nc2cc(NC3CCC3)nc(-c3ccccc3F)n2)c1. The molecule has 2 aromatic carbocycles. The van der Waals surface area contributed by atoms with E-state index in [2.05, 4.69) is 20.6 Å². The van der Waals surface area contributed by atoms with Crippen molar-refractivity contribution in [2.75, 3.05) is 16.9 Å². The van der Waals surface area contributed by atoms with Gasteiger partial charge in [0.05, 0.1) is 5.56 Å². The maximum absolute atomic E-state index is 14.3. The Kier molecular flexibility index (Phi) is 5.34. The topological polar surface area (TPSA) is 66.9 Å². The largest absolute Gasteiger partial charge is 0.367 e. The number of nitrogens with zero attached hydrogens (tertiary/aromatic N) is 2. The summed E-state index contributed by atoms with van der Waals surface area (Å²) < 4.78 is 26.0. The molecule has 0 spiro atoms. The molecule has 0 aliphatic heterocycles. The molecule has 0 radical (unpaired) electrons. The van der Waals surface area contributed by atoms with E-state index in [1.165, 1.54) is 12.5 Å². The van der Waals surface area contributed by atoms with Gasteiger partial charge in [-0.1, -0.05) is 18.2 Å². The zero-order valence-corrected chi connectivity index (χ0v) is 16.3. The summed E-state index contributed by atoms with van der Waals surface area (Å²) in [5.41, 5.74) is 1.12. The lowest BCUT2D eigenvalue weighted by Gasteiger charge is -2.27. The van der Waals surface area contributed by atoms with Crippen molar-refractivity contribution in [1.82, 2.24) is 9.97 Å². The average molecular weight is 396 g/mol. The second-order valence-corrected chi connectivity index (χ2v) is 8.20. The molecule has 28 heavy (non-hydrogen) atoms. The molecule has 1 aromatic heterocycles. The Hall–Kier alpha value is -2.80. The Morgan fingerprint density at radius 2 is 1.82 bits per heavy atom. The summed E-state index contributed by atoms with van der Waals surface area (Å²) in [7, 11) is -1.07. The van der Waals surface area contributed by atoms with Crippen molar-refractivity contribution in [1.29, 1.82) is 0 Å². The minimum Gasteiger partial charge on any atom is -0.367 e. The zero-order valence-electron chi connectivity index (χ0n) is 15.5. The number of aromatic nitrogens is 2. The summed E-state index contributed by atoms with van der Waals surface area (Å²) in [4.78, 5) is 9.75. The van der Waals surface area contributed by atoms with Crippen LogP contribution in [0.1, 0.15) is 19.3 Å². The quantitative estimate of drug-likeness (QED) is 0.631. The fourth-order valence-corrected chi connectivity index (χ4v) is 3.57. The van der Waals surface area contributed by atoms with E-state index >= 15 is 0 Å². The Morgan fingerprint density at radius 3 is 2.54 bits per heavy atom. The maximum Gasteiger partial charge on any atom is 0.166 e. The predicted octanol–water partition coefficient (Wildman–Crippen LogP) is 4.73. The van der Waals surface area contributed by atoms with Gasteiger partial charge in [-0.05, 0) is 49.6 Å². The van der Waals surface area contributed by atoms with E-state index < -0.39 is 10.8 Å². The Balaban J connectivity index is 1.70. The molecular weight excluding hydrogens is 375 g/mol. The van der Waals surface area contributed by atoms with Crippen LogP contribution < -0.4 is 10.6 Å². The molecule has 7 heteroatoms. The molecule has 0 bridgehead atoms. The second-order valence-electron chi connectivity index (χ2n) is 6.82. The first kappa shape index (κ1) is 18.6. The summed E-state index contributed by atoms with van der Waals surface area (Å²) >= 11 is 0. The molecule has 1 saturated carbocycles. The Morgan fingerprint density at radius 1 is 1.04 bits per heavy atom. The van der Waals surface area contributed by atoms with E-state index in [9.17, 15) is 8.60 Å². The van der Waals surface area contributed by atoms with Gasteiger partial charge in [0.2, 0.25) is 0 Å². The molecule has 1 unspecified atom stereocenters. The fraction of sp³-hybridized carbons (Fsp3) is 0.238. The third-order valence-electron chi connectivity index (χ3n) is 4.74. The molecule has 2 N–H and O–H groups in total. The van der Waals surface area contributed by atoms with Gasteiger partial charge >= 0.3 is 0 Å². The zero-order chi connectivity index (χ0) is 19.5. The van der Waals surface area contributed by atoms with Gasteiger partial charge in [0.15, 0.2) is 5.82 Å². The standard InChI is InChI=1S/C21H21FN4OS/c1-28(27)16-9-5-8-15(12-16)24-20-13-19(23-14-6-4-7-14)25-21(26-20)17-10-2-3-11-18(17)22/h2-3,5,8-14H,4,6-7H2,1H3,(H2,23,24,25,26).